The molecule has 2 aliphatic rings. The van der Waals surface area contributed by atoms with Gasteiger partial charge in [0.05, 0.1) is 6.10 Å². The zero-order chi connectivity index (χ0) is 16.8. The predicted molar refractivity (Wildman–Crippen MR) is 103 cm³/mol. The molecule has 1 unspecified atom stereocenters. The highest BCUT2D eigenvalue weighted by molar-refractivity contribution is 9.12. The maximum atomic E-state index is 6.82. The molecule has 2 rings (SSSR count). The van der Waals surface area contributed by atoms with Gasteiger partial charge in [0, 0.05) is 4.48 Å². The lowest BCUT2D eigenvalue weighted by atomic mass is 9.85. The van der Waals surface area contributed by atoms with Crippen molar-refractivity contribution in [1.82, 2.24) is 0 Å². The first kappa shape index (κ1) is 18.5. The number of hydrogen-bond acceptors (Lipinski definition) is 1. The van der Waals surface area contributed by atoms with Crippen LogP contribution in [0.15, 0.2) is 21.7 Å². The average molecular weight is 385 g/mol. The molecule has 126 valence electrons. The van der Waals surface area contributed by atoms with E-state index in [0.29, 0.717) is 6.10 Å². The highest BCUT2D eigenvalue weighted by Crippen LogP contribution is 2.47. The fourth-order valence-electron chi connectivity index (χ4n) is 3.28. The predicted octanol–water partition coefficient (Wildman–Crippen LogP) is 6.96. The fourth-order valence-corrected chi connectivity index (χ4v) is 5.62. The minimum Gasteiger partial charge on any atom is -0.410 e. The van der Waals surface area contributed by atoms with E-state index in [0.717, 1.165) is 6.42 Å². The second kappa shape index (κ2) is 6.21. The molecule has 0 saturated heterocycles. The van der Waals surface area contributed by atoms with E-state index in [-0.39, 0.29) is 10.5 Å². The van der Waals surface area contributed by atoms with Crippen LogP contribution < -0.4 is 0 Å². The van der Waals surface area contributed by atoms with E-state index < -0.39 is 8.32 Å². The van der Waals surface area contributed by atoms with Crippen LogP contribution >= 0.6 is 15.9 Å². The molecule has 0 aromatic heterocycles. The summed E-state index contributed by atoms with van der Waals surface area (Å²) < 4.78 is 8.14. The van der Waals surface area contributed by atoms with Crippen LogP contribution in [0.2, 0.25) is 18.1 Å². The van der Waals surface area contributed by atoms with Gasteiger partial charge in [-0.1, -0.05) is 63.0 Å². The molecule has 22 heavy (non-hydrogen) atoms. The Morgan fingerprint density at radius 2 is 1.86 bits per heavy atom. The zero-order valence-corrected chi connectivity index (χ0v) is 18.1. The van der Waals surface area contributed by atoms with E-state index in [1.807, 2.05) is 0 Å². The molecule has 1 nitrogen and oxygen atoms in total. The Bertz CT molecular complexity index is 494. The summed E-state index contributed by atoms with van der Waals surface area (Å²) in [5.74, 6) is 0. The second-order valence-electron chi connectivity index (χ2n) is 9.27. The highest BCUT2D eigenvalue weighted by Gasteiger charge is 2.41. The number of hydrogen-bond donors (Lipinski definition) is 0. The third-order valence-corrected chi connectivity index (χ3v) is 10.8. The lowest BCUT2D eigenvalue weighted by Crippen LogP contribution is -2.45. The molecule has 0 spiro atoms. The van der Waals surface area contributed by atoms with Gasteiger partial charge in [-0.2, -0.15) is 0 Å². The highest BCUT2D eigenvalue weighted by atomic mass is 79.9. The van der Waals surface area contributed by atoms with Gasteiger partial charge >= 0.3 is 0 Å². The normalized spacial score (nSPS) is 29.6. The molecule has 0 aromatic carbocycles. The Morgan fingerprint density at radius 3 is 2.36 bits per heavy atom. The summed E-state index contributed by atoms with van der Waals surface area (Å²) in [6, 6.07) is 0. The van der Waals surface area contributed by atoms with Crippen molar-refractivity contribution in [2.75, 3.05) is 0 Å². The molecular weight excluding hydrogens is 352 g/mol. The number of allylic oxidation sites excluding steroid dienone is 3. The van der Waals surface area contributed by atoms with Crippen LogP contribution in [-0.4, -0.2) is 14.4 Å². The van der Waals surface area contributed by atoms with Gasteiger partial charge in [0.25, 0.3) is 0 Å². The van der Waals surface area contributed by atoms with E-state index in [4.69, 9.17) is 4.43 Å². The van der Waals surface area contributed by atoms with Gasteiger partial charge in [-0.15, -0.1) is 0 Å². The van der Waals surface area contributed by atoms with Gasteiger partial charge < -0.3 is 4.43 Å². The maximum absolute atomic E-state index is 6.82. The SMILES string of the molecule is CC1(C)C=C(Br)/C(=C2\CCCCC2O[Si](C)(C)C(C)(C)C)C1. The summed E-state index contributed by atoms with van der Waals surface area (Å²) in [6.45, 7) is 16.4. The minimum atomic E-state index is -1.71. The van der Waals surface area contributed by atoms with Crippen molar-refractivity contribution < 1.29 is 4.43 Å². The Hall–Kier alpha value is 0.137. The summed E-state index contributed by atoms with van der Waals surface area (Å²) in [5, 5.41) is 0.280. The van der Waals surface area contributed by atoms with E-state index in [1.165, 1.54) is 35.7 Å². The molecule has 0 aromatic rings. The van der Waals surface area contributed by atoms with Crippen LogP contribution in [0.25, 0.3) is 0 Å². The Kier molecular flexibility index (Phi) is 5.22. The molecule has 3 heteroatoms. The smallest absolute Gasteiger partial charge is 0.192 e. The third-order valence-electron chi connectivity index (χ3n) is 5.62. The van der Waals surface area contributed by atoms with Crippen molar-refractivity contribution >= 4 is 24.2 Å². The van der Waals surface area contributed by atoms with Gasteiger partial charge in [-0.25, -0.2) is 0 Å². The van der Waals surface area contributed by atoms with Crippen molar-refractivity contribution in [1.29, 1.82) is 0 Å². The van der Waals surface area contributed by atoms with Crippen LogP contribution in [-0.2, 0) is 4.43 Å². The summed E-state index contributed by atoms with van der Waals surface area (Å²) in [5.41, 5.74) is 3.40. The molecule has 0 amide bonds. The molecule has 2 aliphatic carbocycles. The average Bonchev–Trinajstić information content (AvgIpc) is 2.61. The molecule has 0 radical (unpaired) electrons. The quantitative estimate of drug-likeness (QED) is 0.467. The van der Waals surface area contributed by atoms with E-state index in [9.17, 15) is 0 Å². The van der Waals surface area contributed by atoms with Crippen molar-refractivity contribution in [3.05, 3.63) is 21.7 Å². The van der Waals surface area contributed by atoms with Crippen LogP contribution in [0.5, 0.6) is 0 Å². The van der Waals surface area contributed by atoms with Crippen molar-refractivity contribution in [2.45, 2.75) is 91.0 Å². The van der Waals surface area contributed by atoms with Gasteiger partial charge in [0.15, 0.2) is 8.32 Å². The number of halogens is 1. The van der Waals surface area contributed by atoms with Gasteiger partial charge in [-0.3, -0.25) is 0 Å². The first-order valence-electron chi connectivity index (χ1n) is 8.71. The third kappa shape index (κ3) is 3.96. The summed E-state index contributed by atoms with van der Waals surface area (Å²) in [4.78, 5) is 0. The second-order valence-corrected chi connectivity index (χ2v) is 14.9. The van der Waals surface area contributed by atoms with Crippen LogP contribution in [0.1, 0.15) is 66.7 Å². The molecule has 0 aliphatic heterocycles. The standard InChI is InChI=1S/C19H33BrOSi/c1-18(2,3)22(6,7)21-17-11-9-8-10-14(17)15-12-19(4,5)13-16(15)20/h13,17H,8-12H2,1-7H3/b15-14+. The lowest BCUT2D eigenvalue weighted by Gasteiger charge is -2.41. The molecule has 0 heterocycles. The molecule has 1 saturated carbocycles. The molecular formula is C19H33BrOSi. The Labute approximate surface area is 146 Å². The Balaban J connectivity index is 2.29. The molecule has 1 atom stereocenters. The molecule has 0 bridgehead atoms. The largest absolute Gasteiger partial charge is 0.410 e. The van der Waals surface area contributed by atoms with Crippen LogP contribution in [0.3, 0.4) is 0 Å². The van der Waals surface area contributed by atoms with Gasteiger partial charge in [-0.05, 0) is 60.4 Å². The molecule has 1 fully saturated rings. The first-order chi connectivity index (χ1) is 9.93. The van der Waals surface area contributed by atoms with Crippen molar-refractivity contribution in [2.24, 2.45) is 5.41 Å². The lowest BCUT2D eigenvalue weighted by molar-refractivity contribution is 0.182. The van der Waals surface area contributed by atoms with Crippen LogP contribution in [0.4, 0.5) is 0 Å². The monoisotopic (exact) mass is 384 g/mol. The van der Waals surface area contributed by atoms with E-state index in [1.54, 1.807) is 5.57 Å². The van der Waals surface area contributed by atoms with Crippen LogP contribution in [0, 0.1) is 5.41 Å². The fraction of sp³-hybridized carbons (Fsp3) is 0.789. The maximum Gasteiger partial charge on any atom is 0.192 e. The van der Waals surface area contributed by atoms with Gasteiger partial charge in [0.2, 0.25) is 0 Å². The topological polar surface area (TPSA) is 9.23 Å². The van der Waals surface area contributed by atoms with Crippen molar-refractivity contribution in [3.8, 4) is 0 Å². The zero-order valence-electron chi connectivity index (χ0n) is 15.5. The van der Waals surface area contributed by atoms with Gasteiger partial charge in [0.1, 0.15) is 0 Å². The minimum absolute atomic E-state index is 0.278. The summed E-state index contributed by atoms with van der Waals surface area (Å²) in [7, 11) is -1.71. The van der Waals surface area contributed by atoms with E-state index >= 15 is 0 Å². The Morgan fingerprint density at radius 1 is 1.23 bits per heavy atom. The number of rotatable bonds is 2. The van der Waals surface area contributed by atoms with Crippen molar-refractivity contribution in [3.63, 3.8) is 0 Å². The summed E-state index contributed by atoms with van der Waals surface area (Å²) >= 11 is 3.82. The van der Waals surface area contributed by atoms with E-state index in [2.05, 4.69) is 69.7 Å². The first-order valence-corrected chi connectivity index (χ1v) is 12.4. The molecule has 0 N–H and O–H groups in total. The summed E-state index contributed by atoms with van der Waals surface area (Å²) in [6.07, 6.45) is 8.92.